The molecule has 27 heavy (non-hydrogen) atoms. The standard InChI is InChI=1S/C18H23N5O4/c1-22(12-15-19-6-7-20-15)16(17(24)25)13-2-4-14(5-3-13)21-18(26)23-8-10-27-11-9-23/h2-7,16H,8-12H2,1H3,(H,19,20)(H,21,26)(H,24,25)/t16-/m0/s1. The molecule has 1 aromatic heterocycles. The van der Waals surface area contributed by atoms with Crippen LogP contribution in [0.5, 0.6) is 0 Å². The van der Waals surface area contributed by atoms with E-state index in [1.165, 1.54) is 0 Å². The maximum absolute atomic E-state index is 12.2. The fourth-order valence-corrected chi connectivity index (χ4v) is 3.02. The number of H-pyrrole nitrogens is 1. The molecule has 9 heteroatoms. The van der Waals surface area contributed by atoms with Crippen molar-refractivity contribution in [1.29, 1.82) is 0 Å². The summed E-state index contributed by atoms with van der Waals surface area (Å²) in [7, 11) is 1.73. The van der Waals surface area contributed by atoms with Gasteiger partial charge in [0.15, 0.2) is 0 Å². The van der Waals surface area contributed by atoms with E-state index in [9.17, 15) is 14.7 Å². The number of aromatic nitrogens is 2. The van der Waals surface area contributed by atoms with Crippen LogP contribution in [-0.2, 0) is 16.1 Å². The number of amides is 2. The molecular weight excluding hydrogens is 350 g/mol. The molecule has 1 fully saturated rings. The molecule has 144 valence electrons. The van der Waals surface area contributed by atoms with Crippen molar-refractivity contribution in [3.8, 4) is 0 Å². The summed E-state index contributed by atoms with van der Waals surface area (Å²) in [6.45, 7) is 2.56. The number of aromatic amines is 1. The van der Waals surface area contributed by atoms with E-state index >= 15 is 0 Å². The Morgan fingerprint density at radius 2 is 2.04 bits per heavy atom. The molecule has 1 aliphatic heterocycles. The Hall–Kier alpha value is -2.91. The number of ether oxygens (including phenoxy) is 1. The molecule has 3 rings (SSSR count). The van der Waals surface area contributed by atoms with Gasteiger partial charge in [0.1, 0.15) is 11.9 Å². The highest BCUT2D eigenvalue weighted by molar-refractivity contribution is 5.89. The summed E-state index contributed by atoms with van der Waals surface area (Å²) in [5.41, 5.74) is 1.24. The summed E-state index contributed by atoms with van der Waals surface area (Å²) in [4.78, 5) is 34.5. The molecule has 0 bridgehead atoms. The van der Waals surface area contributed by atoms with Gasteiger partial charge in [0.05, 0.1) is 19.8 Å². The number of carboxylic acids is 1. The van der Waals surface area contributed by atoms with E-state index in [4.69, 9.17) is 4.74 Å². The Morgan fingerprint density at radius 1 is 1.33 bits per heavy atom. The maximum Gasteiger partial charge on any atom is 0.325 e. The van der Waals surface area contributed by atoms with E-state index in [0.717, 1.165) is 0 Å². The molecule has 0 aliphatic carbocycles. The van der Waals surface area contributed by atoms with Gasteiger partial charge in [0.25, 0.3) is 0 Å². The zero-order valence-corrected chi connectivity index (χ0v) is 15.1. The molecule has 3 N–H and O–H groups in total. The van der Waals surface area contributed by atoms with Crippen LogP contribution >= 0.6 is 0 Å². The van der Waals surface area contributed by atoms with Gasteiger partial charge >= 0.3 is 12.0 Å². The van der Waals surface area contributed by atoms with E-state index in [1.807, 2.05) is 0 Å². The van der Waals surface area contributed by atoms with Gasteiger partial charge in [-0.1, -0.05) is 12.1 Å². The van der Waals surface area contributed by atoms with Crippen LogP contribution in [0.3, 0.4) is 0 Å². The third-order valence-corrected chi connectivity index (χ3v) is 4.40. The van der Waals surface area contributed by atoms with E-state index in [1.54, 1.807) is 53.5 Å². The lowest BCUT2D eigenvalue weighted by Crippen LogP contribution is -2.43. The first-order valence-corrected chi connectivity index (χ1v) is 8.69. The SMILES string of the molecule is CN(Cc1ncc[nH]1)[C@H](C(=O)O)c1ccc(NC(=O)N2CCOCC2)cc1. The molecule has 2 aromatic rings. The number of carbonyl (C=O) groups is 2. The largest absolute Gasteiger partial charge is 0.480 e. The number of hydrogen-bond donors (Lipinski definition) is 3. The first-order valence-electron chi connectivity index (χ1n) is 8.69. The second-order valence-corrected chi connectivity index (χ2v) is 6.34. The number of urea groups is 1. The van der Waals surface area contributed by atoms with Crippen molar-refractivity contribution in [1.82, 2.24) is 19.8 Å². The summed E-state index contributed by atoms with van der Waals surface area (Å²) >= 11 is 0. The number of rotatable bonds is 6. The van der Waals surface area contributed by atoms with Crippen LogP contribution < -0.4 is 5.32 Å². The average Bonchev–Trinajstić information content (AvgIpc) is 3.16. The van der Waals surface area contributed by atoms with Gasteiger partial charge in [-0.2, -0.15) is 0 Å². The van der Waals surface area contributed by atoms with Crippen LogP contribution in [0.2, 0.25) is 0 Å². The van der Waals surface area contributed by atoms with Gasteiger partial charge in [-0.15, -0.1) is 0 Å². The summed E-state index contributed by atoms with van der Waals surface area (Å²) in [6.07, 6.45) is 3.33. The minimum atomic E-state index is -0.950. The zero-order valence-electron chi connectivity index (χ0n) is 15.1. The fourth-order valence-electron chi connectivity index (χ4n) is 3.02. The van der Waals surface area contributed by atoms with Crippen molar-refractivity contribution < 1.29 is 19.4 Å². The molecule has 1 aromatic carbocycles. The van der Waals surface area contributed by atoms with Crippen molar-refractivity contribution in [2.75, 3.05) is 38.7 Å². The van der Waals surface area contributed by atoms with Gasteiger partial charge in [-0.3, -0.25) is 9.69 Å². The number of likely N-dealkylation sites (N-methyl/N-ethyl adjacent to an activating group) is 1. The number of anilines is 1. The number of morpholine rings is 1. The number of carbonyl (C=O) groups excluding carboxylic acids is 1. The van der Waals surface area contributed by atoms with Crippen LogP contribution in [0.25, 0.3) is 0 Å². The first-order chi connectivity index (χ1) is 13.0. The predicted molar refractivity (Wildman–Crippen MR) is 98.3 cm³/mol. The van der Waals surface area contributed by atoms with Crippen molar-refractivity contribution >= 4 is 17.7 Å². The van der Waals surface area contributed by atoms with Crippen molar-refractivity contribution in [3.63, 3.8) is 0 Å². The van der Waals surface area contributed by atoms with E-state index in [0.29, 0.717) is 49.9 Å². The molecule has 2 amide bonds. The van der Waals surface area contributed by atoms with Gasteiger partial charge in [0.2, 0.25) is 0 Å². The number of imidazole rings is 1. The predicted octanol–water partition coefficient (Wildman–Crippen LogP) is 1.53. The minimum absolute atomic E-state index is 0.184. The Morgan fingerprint density at radius 3 is 2.63 bits per heavy atom. The lowest BCUT2D eigenvalue weighted by Gasteiger charge is -2.27. The third-order valence-electron chi connectivity index (χ3n) is 4.40. The molecule has 0 spiro atoms. The lowest BCUT2D eigenvalue weighted by molar-refractivity contribution is -0.143. The second-order valence-electron chi connectivity index (χ2n) is 6.34. The minimum Gasteiger partial charge on any atom is -0.480 e. The Kier molecular flexibility index (Phi) is 6.05. The topological polar surface area (TPSA) is 111 Å². The van der Waals surface area contributed by atoms with Crippen LogP contribution in [0.4, 0.5) is 10.5 Å². The van der Waals surface area contributed by atoms with Crippen LogP contribution in [0, 0.1) is 0 Å². The van der Waals surface area contributed by atoms with Gasteiger partial charge < -0.3 is 25.0 Å². The zero-order chi connectivity index (χ0) is 19.2. The quantitative estimate of drug-likeness (QED) is 0.708. The van der Waals surface area contributed by atoms with E-state index in [-0.39, 0.29) is 6.03 Å². The summed E-state index contributed by atoms with van der Waals surface area (Å²) in [5, 5.41) is 12.5. The molecular formula is C18H23N5O4. The normalized spacial score (nSPS) is 15.6. The fraction of sp³-hybridized carbons (Fsp3) is 0.389. The molecule has 0 radical (unpaired) electrons. The number of aliphatic carboxylic acids is 1. The van der Waals surface area contributed by atoms with E-state index in [2.05, 4.69) is 15.3 Å². The Labute approximate surface area is 156 Å². The number of nitrogens with one attached hydrogen (secondary N) is 2. The molecule has 1 saturated heterocycles. The van der Waals surface area contributed by atoms with Gasteiger partial charge in [-0.25, -0.2) is 9.78 Å². The van der Waals surface area contributed by atoms with Crippen molar-refractivity contribution in [3.05, 3.63) is 48.0 Å². The monoisotopic (exact) mass is 373 g/mol. The van der Waals surface area contributed by atoms with Crippen molar-refractivity contribution in [2.45, 2.75) is 12.6 Å². The average molecular weight is 373 g/mol. The molecule has 0 unspecified atom stereocenters. The maximum atomic E-state index is 12.2. The highest BCUT2D eigenvalue weighted by Gasteiger charge is 2.25. The highest BCUT2D eigenvalue weighted by atomic mass is 16.5. The second kappa shape index (κ2) is 8.65. The van der Waals surface area contributed by atoms with Crippen molar-refractivity contribution in [2.24, 2.45) is 0 Å². The molecule has 1 aliphatic rings. The summed E-state index contributed by atoms with van der Waals surface area (Å²) < 4.78 is 5.24. The molecule has 9 nitrogen and oxygen atoms in total. The number of carboxylic acid groups (broad SMARTS) is 1. The highest BCUT2D eigenvalue weighted by Crippen LogP contribution is 2.23. The van der Waals surface area contributed by atoms with Gasteiger partial charge in [-0.05, 0) is 24.7 Å². The number of hydrogen-bond acceptors (Lipinski definition) is 5. The van der Waals surface area contributed by atoms with Crippen LogP contribution in [-0.4, -0.2) is 70.2 Å². The molecule has 2 heterocycles. The van der Waals surface area contributed by atoms with E-state index < -0.39 is 12.0 Å². The number of benzene rings is 1. The summed E-state index contributed by atoms with van der Waals surface area (Å²) in [5.74, 6) is -0.257. The van der Waals surface area contributed by atoms with Crippen LogP contribution in [0.15, 0.2) is 36.7 Å². The molecule has 1 atom stereocenters. The van der Waals surface area contributed by atoms with Crippen LogP contribution in [0.1, 0.15) is 17.4 Å². The third kappa shape index (κ3) is 4.83. The van der Waals surface area contributed by atoms with Gasteiger partial charge in [0, 0.05) is 31.2 Å². The number of nitrogens with zero attached hydrogens (tertiary/aromatic N) is 3. The lowest BCUT2D eigenvalue weighted by atomic mass is 10.1. The smallest absolute Gasteiger partial charge is 0.325 e. The Balaban J connectivity index is 1.66. The summed E-state index contributed by atoms with van der Waals surface area (Å²) in [6, 6.07) is 5.85. The first kappa shape index (κ1) is 18.9. The Bertz CT molecular complexity index is 757. The molecule has 0 saturated carbocycles.